The Morgan fingerprint density at radius 3 is 2.38 bits per heavy atom. The Morgan fingerprint density at radius 2 is 1.81 bits per heavy atom. The Labute approximate surface area is 126 Å². The molecule has 2 amide bonds. The van der Waals surface area contributed by atoms with Gasteiger partial charge in [0.1, 0.15) is 0 Å². The minimum atomic E-state index is -0.781. The molecule has 0 aliphatic carbocycles. The number of anilines is 3. The number of rotatable bonds is 2. The number of amides is 2. The molecule has 1 aromatic carbocycles. The summed E-state index contributed by atoms with van der Waals surface area (Å²) in [5, 5.41) is 5.35. The Kier molecular flexibility index (Phi) is 4.23. The monoisotopic (exact) mass is 304 g/mol. The first-order valence-corrected chi connectivity index (χ1v) is 7.11. The zero-order valence-corrected chi connectivity index (χ0v) is 12.8. The van der Waals surface area contributed by atoms with Crippen LogP contribution in [-0.2, 0) is 9.59 Å². The molecule has 0 unspecified atom stereocenters. The van der Waals surface area contributed by atoms with Crippen molar-refractivity contribution in [2.45, 2.75) is 20.8 Å². The SMILES string of the molecule is Cc1ccc(NC(=O)C(=O)Nc2nc(C)c(C)s2)c(N)c1. The largest absolute Gasteiger partial charge is 0.397 e. The van der Waals surface area contributed by atoms with Gasteiger partial charge in [-0.1, -0.05) is 6.07 Å². The van der Waals surface area contributed by atoms with Crippen LogP contribution in [0.15, 0.2) is 18.2 Å². The van der Waals surface area contributed by atoms with Crippen LogP contribution in [0, 0.1) is 20.8 Å². The maximum atomic E-state index is 11.8. The molecule has 1 aromatic heterocycles. The number of benzene rings is 1. The van der Waals surface area contributed by atoms with Gasteiger partial charge in [-0.15, -0.1) is 11.3 Å². The molecule has 0 spiro atoms. The number of thiazole rings is 1. The molecular formula is C14H16N4O2S. The maximum absolute atomic E-state index is 11.8. The van der Waals surface area contributed by atoms with Crippen LogP contribution in [0.2, 0.25) is 0 Å². The van der Waals surface area contributed by atoms with Gasteiger partial charge in [-0.2, -0.15) is 0 Å². The topological polar surface area (TPSA) is 97.1 Å². The zero-order chi connectivity index (χ0) is 15.6. The fourth-order valence-corrected chi connectivity index (χ4v) is 2.46. The molecule has 0 atom stereocenters. The van der Waals surface area contributed by atoms with Crippen molar-refractivity contribution in [2.24, 2.45) is 0 Å². The average Bonchev–Trinajstić information content (AvgIpc) is 2.71. The summed E-state index contributed by atoms with van der Waals surface area (Å²) in [5.41, 5.74) is 8.42. The van der Waals surface area contributed by atoms with Gasteiger partial charge in [0, 0.05) is 4.88 Å². The summed E-state index contributed by atoms with van der Waals surface area (Å²) < 4.78 is 0. The highest BCUT2D eigenvalue weighted by molar-refractivity contribution is 7.15. The van der Waals surface area contributed by atoms with E-state index < -0.39 is 11.8 Å². The van der Waals surface area contributed by atoms with Gasteiger partial charge >= 0.3 is 11.8 Å². The predicted molar refractivity (Wildman–Crippen MR) is 84.4 cm³/mol. The molecular weight excluding hydrogens is 288 g/mol. The lowest BCUT2D eigenvalue weighted by Crippen LogP contribution is -2.29. The summed E-state index contributed by atoms with van der Waals surface area (Å²) >= 11 is 1.32. The molecule has 2 rings (SSSR count). The van der Waals surface area contributed by atoms with Crippen LogP contribution in [-0.4, -0.2) is 16.8 Å². The predicted octanol–water partition coefficient (Wildman–Crippen LogP) is 2.23. The van der Waals surface area contributed by atoms with Gasteiger partial charge < -0.3 is 11.1 Å². The van der Waals surface area contributed by atoms with Crippen LogP contribution in [0.3, 0.4) is 0 Å². The van der Waals surface area contributed by atoms with Gasteiger partial charge in [-0.25, -0.2) is 4.98 Å². The van der Waals surface area contributed by atoms with Crippen molar-refractivity contribution in [2.75, 3.05) is 16.4 Å². The van der Waals surface area contributed by atoms with Crippen molar-refractivity contribution in [1.82, 2.24) is 4.98 Å². The molecule has 0 aliphatic heterocycles. The number of nitrogens with zero attached hydrogens (tertiary/aromatic N) is 1. The summed E-state index contributed by atoms with van der Waals surface area (Å²) in [5.74, 6) is -1.56. The minimum Gasteiger partial charge on any atom is -0.397 e. The minimum absolute atomic E-state index is 0.405. The van der Waals surface area contributed by atoms with Crippen molar-refractivity contribution < 1.29 is 9.59 Å². The summed E-state index contributed by atoms with van der Waals surface area (Å²) in [6.07, 6.45) is 0. The van der Waals surface area contributed by atoms with Crippen molar-refractivity contribution in [3.63, 3.8) is 0 Å². The molecule has 0 saturated carbocycles. The molecule has 0 radical (unpaired) electrons. The molecule has 2 aromatic rings. The lowest BCUT2D eigenvalue weighted by atomic mass is 10.2. The maximum Gasteiger partial charge on any atom is 0.315 e. The first-order chi connectivity index (χ1) is 9.86. The van der Waals surface area contributed by atoms with Crippen LogP contribution in [0.5, 0.6) is 0 Å². The Bertz CT molecular complexity index is 689. The Balaban J connectivity index is 2.04. The van der Waals surface area contributed by atoms with Crippen LogP contribution in [0.25, 0.3) is 0 Å². The number of aryl methyl sites for hydroxylation is 3. The van der Waals surface area contributed by atoms with E-state index in [-0.39, 0.29) is 0 Å². The molecule has 0 saturated heterocycles. The van der Waals surface area contributed by atoms with Crippen LogP contribution in [0.4, 0.5) is 16.5 Å². The van der Waals surface area contributed by atoms with E-state index in [9.17, 15) is 9.59 Å². The van der Waals surface area contributed by atoms with E-state index in [0.717, 1.165) is 16.1 Å². The second-order valence-corrected chi connectivity index (χ2v) is 5.86. The Morgan fingerprint density at radius 1 is 1.14 bits per heavy atom. The number of carbonyl (C=O) groups excluding carboxylic acids is 2. The van der Waals surface area contributed by atoms with Crippen LogP contribution in [0.1, 0.15) is 16.1 Å². The van der Waals surface area contributed by atoms with Gasteiger partial charge in [0.25, 0.3) is 0 Å². The summed E-state index contributed by atoms with van der Waals surface area (Å²) in [6.45, 7) is 5.63. The highest BCUT2D eigenvalue weighted by atomic mass is 32.1. The molecule has 4 N–H and O–H groups in total. The number of nitrogen functional groups attached to an aromatic ring is 1. The third-order valence-electron chi connectivity index (χ3n) is 2.91. The van der Waals surface area contributed by atoms with E-state index in [1.807, 2.05) is 20.8 Å². The van der Waals surface area contributed by atoms with Crippen molar-refractivity contribution in [3.8, 4) is 0 Å². The van der Waals surface area contributed by atoms with Gasteiger partial charge in [0.2, 0.25) is 0 Å². The quantitative estimate of drug-likeness (QED) is 0.585. The molecule has 6 nitrogen and oxygen atoms in total. The summed E-state index contributed by atoms with van der Waals surface area (Å²) in [6, 6.07) is 5.19. The zero-order valence-electron chi connectivity index (χ0n) is 12.0. The fourth-order valence-electron chi connectivity index (χ4n) is 1.66. The Hall–Kier alpha value is -2.41. The standard InChI is InChI=1S/C14H16N4O2S/c1-7-4-5-11(10(15)6-7)17-12(19)13(20)18-14-16-8(2)9(3)21-14/h4-6H,15H2,1-3H3,(H,17,19)(H,16,18,20). The van der Waals surface area contributed by atoms with E-state index in [1.165, 1.54) is 11.3 Å². The molecule has 1 heterocycles. The highest BCUT2D eigenvalue weighted by Gasteiger charge is 2.17. The number of hydrogen-bond acceptors (Lipinski definition) is 5. The number of carbonyl (C=O) groups is 2. The van der Waals surface area contributed by atoms with E-state index >= 15 is 0 Å². The summed E-state index contributed by atoms with van der Waals surface area (Å²) in [4.78, 5) is 28.8. The van der Waals surface area contributed by atoms with Gasteiger partial charge in [0.05, 0.1) is 17.1 Å². The van der Waals surface area contributed by atoms with Gasteiger partial charge in [-0.05, 0) is 38.5 Å². The molecule has 7 heteroatoms. The number of hydrogen-bond donors (Lipinski definition) is 3. The van der Waals surface area contributed by atoms with Crippen molar-refractivity contribution >= 4 is 39.7 Å². The van der Waals surface area contributed by atoms with E-state index in [4.69, 9.17) is 5.73 Å². The first-order valence-electron chi connectivity index (χ1n) is 6.29. The van der Waals surface area contributed by atoms with E-state index in [1.54, 1.807) is 18.2 Å². The molecule has 110 valence electrons. The lowest BCUT2D eigenvalue weighted by molar-refractivity contribution is -0.132. The fraction of sp³-hybridized carbons (Fsp3) is 0.214. The molecule has 0 bridgehead atoms. The van der Waals surface area contributed by atoms with E-state index in [2.05, 4.69) is 15.6 Å². The van der Waals surface area contributed by atoms with Crippen LogP contribution < -0.4 is 16.4 Å². The highest BCUT2D eigenvalue weighted by Crippen LogP contribution is 2.22. The number of nitrogens with one attached hydrogen (secondary N) is 2. The van der Waals surface area contributed by atoms with Crippen LogP contribution >= 0.6 is 11.3 Å². The van der Waals surface area contributed by atoms with Gasteiger partial charge in [0.15, 0.2) is 5.13 Å². The number of aromatic nitrogens is 1. The lowest BCUT2D eigenvalue weighted by Gasteiger charge is -2.08. The second-order valence-electron chi connectivity index (χ2n) is 4.66. The second kappa shape index (κ2) is 5.92. The average molecular weight is 304 g/mol. The number of nitrogens with two attached hydrogens (primary N) is 1. The third-order valence-corrected chi connectivity index (χ3v) is 3.90. The molecule has 0 aliphatic rings. The van der Waals surface area contributed by atoms with Gasteiger partial charge in [-0.3, -0.25) is 14.9 Å². The first kappa shape index (κ1) is 15.0. The molecule has 0 fully saturated rings. The van der Waals surface area contributed by atoms with Crippen molar-refractivity contribution in [1.29, 1.82) is 0 Å². The van der Waals surface area contributed by atoms with Crippen molar-refractivity contribution in [3.05, 3.63) is 34.3 Å². The smallest absolute Gasteiger partial charge is 0.315 e. The normalized spacial score (nSPS) is 10.2. The summed E-state index contributed by atoms with van der Waals surface area (Å²) in [7, 11) is 0. The third kappa shape index (κ3) is 3.57. The molecule has 21 heavy (non-hydrogen) atoms. The van der Waals surface area contributed by atoms with E-state index in [0.29, 0.717) is 16.5 Å².